The molecule has 1 unspecified atom stereocenters. The summed E-state index contributed by atoms with van der Waals surface area (Å²) in [5.74, 6) is 1.14. The molecule has 118 valence electrons. The lowest BCUT2D eigenvalue weighted by Crippen LogP contribution is -2.46. The van der Waals surface area contributed by atoms with Crippen molar-refractivity contribution in [3.63, 3.8) is 0 Å². The van der Waals surface area contributed by atoms with Crippen molar-refractivity contribution in [3.8, 4) is 0 Å². The molecule has 2 rings (SSSR count). The van der Waals surface area contributed by atoms with E-state index in [4.69, 9.17) is 9.47 Å². The van der Waals surface area contributed by atoms with Gasteiger partial charge in [-0.2, -0.15) is 0 Å². The number of esters is 1. The van der Waals surface area contributed by atoms with E-state index in [1.807, 2.05) is 0 Å². The molecule has 4 heteroatoms. The Kier molecular flexibility index (Phi) is 4.74. The molecule has 0 aromatic carbocycles. The zero-order valence-electron chi connectivity index (χ0n) is 13.5. The number of fused-ring (bicyclic) bond motifs is 1. The number of allylic oxidation sites excluding steroid dienone is 2. The molecule has 0 spiro atoms. The van der Waals surface area contributed by atoms with Gasteiger partial charge in [-0.15, -0.1) is 0 Å². The summed E-state index contributed by atoms with van der Waals surface area (Å²) in [7, 11) is 0. The normalized spacial score (nSPS) is 33.7. The van der Waals surface area contributed by atoms with Crippen LogP contribution < -0.4 is 0 Å². The molecule has 0 bridgehead atoms. The number of ether oxygens (including phenoxy) is 2. The quantitative estimate of drug-likeness (QED) is 0.747. The van der Waals surface area contributed by atoms with Crippen LogP contribution in [0.2, 0.25) is 0 Å². The van der Waals surface area contributed by atoms with E-state index in [1.165, 1.54) is 0 Å². The summed E-state index contributed by atoms with van der Waals surface area (Å²) in [6, 6.07) is 0. The maximum Gasteiger partial charge on any atom is 0.346 e. The standard InChI is InChI=1S/C17H26O4/c1-5-20-16(19)12(3)21-14-9-13-8-6-7-11(2)17(13,4)15(18)10-14/h10-13H,5-9H2,1-4H3/t11-,12?,13+,17+/m0/s1. The van der Waals surface area contributed by atoms with Gasteiger partial charge in [0, 0.05) is 17.9 Å². The van der Waals surface area contributed by atoms with E-state index in [0.717, 1.165) is 25.7 Å². The largest absolute Gasteiger partial charge is 0.483 e. The molecule has 1 fully saturated rings. The molecular weight excluding hydrogens is 268 g/mol. The van der Waals surface area contributed by atoms with Gasteiger partial charge in [-0.3, -0.25) is 4.79 Å². The van der Waals surface area contributed by atoms with Crippen LogP contribution in [0, 0.1) is 17.3 Å². The first-order valence-corrected chi connectivity index (χ1v) is 7.97. The smallest absolute Gasteiger partial charge is 0.346 e. The van der Waals surface area contributed by atoms with Crippen LogP contribution in [0.1, 0.15) is 53.4 Å². The molecule has 0 aromatic rings. The first-order valence-electron chi connectivity index (χ1n) is 7.97. The number of hydrogen-bond donors (Lipinski definition) is 0. The topological polar surface area (TPSA) is 52.6 Å². The van der Waals surface area contributed by atoms with Gasteiger partial charge in [0.25, 0.3) is 0 Å². The number of carbonyl (C=O) groups is 2. The predicted octanol–water partition coefficient (Wildman–Crippen LogP) is 3.25. The van der Waals surface area contributed by atoms with Gasteiger partial charge in [0.15, 0.2) is 11.9 Å². The maximum atomic E-state index is 12.6. The minimum atomic E-state index is -0.658. The third-order valence-corrected chi connectivity index (χ3v) is 5.28. The van der Waals surface area contributed by atoms with Crippen LogP contribution in [0.25, 0.3) is 0 Å². The second kappa shape index (κ2) is 6.20. The summed E-state index contributed by atoms with van der Waals surface area (Å²) in [5, 5.41) is 0. The van der Waals surface area contributed by atoms with Crippen molar-refractivity contribution in [1.82, 2.24) is 0 Å². The van der Waals surface area contributed by atoms with Crippen LogP contribution in [0.3, 0.4) is 0 Å². The fourth-order valence-electron chi connectivity index (χ4n) is 3.65. The van der Waals surface area contributed by atoms with Crippen LogP contribution in [-0.4, -0.2) is 24.5 Å². The molecule has 0 saturated heterocycles. The second-order valence-corrected chi connectivity index (χ2v) is 6.50. The maximum absolute atomic E-state index is 12.6. The number of carbonyl (C=O) groups excluding carboxylic acids is 2. The first kappa shape index (κ1) is 16.1. The van der Waals surface area contributed by atoms with Crippen LogP contribution in [-0.2, 0) is 19.1 Å². The van der Waals surface area contributed by atoms with Crippen molar-refractivity contribution in [2.75, 3.05) is 6.61 Å². The molecule has 0 aromatic heterocycles. The van der Waals surface area contributed by atoms with Crippen molar-refractivity contribution in [3.05, 3.63) is 11.8 Å². The van der Waals surface area contributed by atoms with E-state index in [9.17, 15) is 9.59 Å². The average Bonchev–Trinajstić information content (AvgIpc) is 2.42. The molecular formula is C17H26O4. The van der Waals surface area contributed by atoms with E-state index in [0.29, 0.717) is 24.2 Å². The van der Waals surface area contributed by atoms with Crippen molar-refractivity contribution < 1.29 is 19.1 Å². The molecule has 0 heterocycles. The van der Waals surface area contributed by atoms with Crippen molar-refractivity contribution >= 4 is 11.8 Å². The highest BCUT2D eigenvalue weighted by atomic mass is 16.6. The lowest BCUT2D eigenvalue weighted by Gasteiger charge is -2.47. The van der Waals surface area contributed by atoms with Gasteiger partial charge < -0.3 is 9.47 Å². The van der Waals surface area contributed by atoms with Gasteiger partial charge in [-0.25, -0.2) is 4.79 Å². The zero-order valence-corrected chi connectivity index (χ0v) is 13.5. The highest BCUT2D eigenvalue weighted by Gasteiger charge is 2.49. The molecule has 0 aliphatic heterocycles. The summed E-state index contributed by atoms with van der Waals surface area (Å²) in [6.45, 7) is 8.03. The van der Waals surface area contributed by atoms with Crippen LogP contribution in [0.4, 0.5) is 0 Å². The lowest BCUT2D eigenvalue weighted by molar-refractivity contribution is -0.154. The minimum Gasteiger partial charge on any atom is -0.483 e. The Morgan fingerprint density at radius 2 is 2.19 bits per heavy atom. The highest BCUT2D eigenvalue weighted by molar-refractivity contribution is 5.96. The number of ketones is 1. The summed E-state index contributed by atoms with van der Waals surface area (Å²) in [5.41, 5.74) is -0.266. The molecule has 2 aliphatic carbocycles. The van der Waals surface area contributed by atoms with Gasteiger partial charge in [-0.1, -0.05) is 20.3 Å². The van der Waals surface area contributed by atoms with E-state index < -0.39 is 6.10 Å². The SMILES string of the molecule is CCOC(=O)C(C)OC1=CC(=O)[C@@]2(C)[C@H](CCC[C@@H]2C)C1. The van der Waals surface area contributed by atoms with Gasteiger partial charge >= 0.3 is 5.97 Å². The van der Waals surface area contributed by atoms with Crippen molar-refractivity contribution in [2.45, 2.75) is 59.5 Å². The van der Waals surface area contributed by atoms with Gasteiger partial charge in [0.1, 0.15) is 5.76 Å². The Morgan fingerprint density at radius 1 is 1.48 bits per heavy atom. The molecule has 2 aliphatic rings. The molecule has 0 N–H and O–H groups in total. The van der Waals surface area contributed by atoms with Gasteiger partial charge in [0.2, 0.25) is 0 Å². The molecule has 0 amide bonds. The zero-order chi connectivity index (χ0) is 15.6. The average molecular weight is 294 g/mol. The molecule has 1 saturated carbocycles. The summed E-state index contributed by atoms with van der Waals surface area (Å²) < 4.78 is 10.6. The van der Waals surface area contributed by atoms with Crippen LogP contribution >= 0.6 is 0 Å². The van der Waals surface area contributed by atoms with Crippen LogP contribution in [0.5, 0.6) is 0 Å². The summed E-state index contributed by atoms with van der Waals surface area (Å²) in [4.78, 5) is 24.2. The number of hydrogen-bond acceptors (Lipinski definition) is 4. The van der Waals surface area contributed by atoms with E-state index in [1.54, 1.807) is 19.9 Å². The highest BCUT2D eigenvalue weighted by Crippen LogP contribution is 2.51. The Labute approximate surface area is 126 Å². The summed E-state index contributed by atoms with van der Waals surface area (Å²) >= 11 is 0. The third-order valence-electron chi connectivity index (χ3n) is 5.28. The monoisotopic (exact) mass is 294 g/mol. The minimum absolute atomic E-state index is 0.150. The molecule has 21 heavy (non-hydrogen) atoms. The third kappa shape index (κ3) is 2.99. The van der Waals surface area contributed by atoms with Gasteiger partial charge in [0.05, 0.1) is 6.61 Å². The number of rotatable bonds is 4. The summed E-state index contributed by atoms with van der Waals surface area (Å²) in [6.07, 6.45) is 5.03. The van der Waals surface area contributed by atoms with Crippen molar-refractivity contribution in [1.29, 1.82) is 0 Å². The fourth-order valence-corrected chi connectivity index (χ4v) is 3.65. The fraction of sp³-hybridized carbons (Fsp3) is 0.765. The van der Waals surface area contributed by atoms with E-state index in [-0.39, 0.29) is 17.2 Å². The molecule has 0 radical (unpaired) electrons. The lowest BCUT2D eigenvalue weighted by atomic mass is 9.57. The Balaban J connectivity index is 2.10. The Hall–Kier alpha value is -1.32. The molecule has 4 nitrogen and oxygen atoms in total. The Bertz CT molecular complexity index is 454. The van der Waals surface area contributed by atoms with Crippen molar-refractivity contribution in [2.24, 2.45) is 17.3 Å². The van der Waals surface area contributed by atoms with E-state index in [2.05, 4.69) is 13.8 Å². The second-order valence-electron chi connectivity index (χ2n) is 6.50. The van der Waals surface area contributed by atoms with E-state index >= 15 is 0 Å². The van der Waals surface area contributed by atoms with Gasteiger partial charge in [-0.05, 0) is 38.5 Å². The molecule has 4 atom stereocenters. The Morgan fingerprint density at radius 3 is 2.86 bits per heavy atom. The predicted molar refractivity (Wildman–Crippen MR) is 79.5 cm³/mol. The van der Waals surface area contributed by atoms with Crippen LogP contribution in [0.15, 0.2) is 11.8 Å². The first-order chi connectivity index (χ1) is 9.89.